The summed E-state index contributed by atoms with van der Waals surface area (Å²) in [6.45, 7) is 6.43. The van der Waals surface area contributed by atoms with Crippen molar-refractivity contribution in [1.29, 1.82) is 0 Å². The second-order valence-corrected chi connectivity index (χ2v) is 6.80. The number of ether oxygens (including phenoxy) is 1. The van der Waals surface area contributed by atoms with Gasteiger partial charge in [0.15, 0.2) is 0 Å². The Morgan fingerprint density at radius 3 is 2.24 bits per heavy atom. The smallest absolute Gasteiger partial charge is 0.407 e. The molecule has 1 amide bonds. The summed E-state index contributed by atoms with van der Waals surface area (Å²) >= 11 is 2.47. The number of halogens is 1. The Morgan fingerprint density at radius 2 is 1.76 bits per heavy atom. The van der Waals surface area contributed by atoms with Gasteiger partial charge >= 0.3 is 6.09 Å². The molecular weight excluding hydrogens is 329 g/mol. The van der Waals surface area contributed by atoms with Crippen LogP contribution in [0.25, 0.3) is 0 Å². The van der Waals surface area contributed by atoms with Crippen LogP contribution in [0, 0.1) is 11.8 Å². The minimum atomic E-state index is -0.400. The predicted octanol–water partition coefficient (Wildman–Crippen LogP) is 3.75. The molecular formula is C13H24INO2. The van der Waals surface area contributed by atoms with Crippen molar-refractivity contribution in [2.24, 2.45) is 11.8 Å². The van der Waals surface area contributed by atoms with Crippen LogP contribution in [0.4, 0.5) is 4.79 Å². The van der Waals surface area contributed by atoms with Gasteiger partial charge in [-0.15, -0.1) is 0 Å². The lowest BCUT2D eigenvalue weighted by atomic mass is 9.83. The third-order valence-electron chi connectivity index (χ3n) is 3.12. The summed E-state index contributed by atoms with van der Waals surface area (Å²) in [5, 5.41) is 2.88. The van der Waals surface area contributed by atoms with Crippen molar-refractivity contribution in [3.8, 4) is 0 Å². The first-order chi connectivity index (χ1) is 7.90. The van der Waals surface area contributed by atoms with Gasteiger partial charge in [-0.3, -0.25) is 0 Å². The quantitative estimate of drug-likeness (QED) is 0.620. The number of carbonyl (C=O) groups is 1. The van der Waals surface area contributed by atoms with Crippen LogP contribution in [-0.4, -0.2) is 22.7 Å². The van der Waals surface area contributed by atoms with Crippen molar-refractivity contribution in [3.05, 3.63) is 0 Å². The van der Waals surface area contributed by atoms with Crippen molar-refractivity contribution < 1.29 is 9.53 Å². The van der Waals surface area contributed by atoms with Crippen molar-refractivity contribution in [3.63, 3.8) is 0 Å². The van der Waals surface area contributed by atoms with E-state index in [1.54, 1.807) is 0 Å². The summed E-state index contributed by atoms with van der Waals surface area (Å²) in [6.07, 6.45) is 4.81. The van der Waals surface area contributed by atoms with E-state index < -0.39 is 5.60 Å². The maximum atomic E-state index is 11.5. The molecule has 0 unspecified atom stereocenters. The van der Waals surface area contributed by atoms with Gasteiger partial charge in [0, 0.05) is 11.0 Å². The third kappa shape index (κ3) is 6.48. The number of alkyl carbamates (subject to hydrolysis) is 1. The Labute approximate surface area is 118 Å². The summed E-state index contributed by atoms with van der Waals surface area (Å²) in [6, 6.07) is 0. The SMILES string of the molecule is CC(C)(C)OC(=O)NCC1CCC(CI)CC1. The molecule has 0 spiro atoms. The number of alkyl halides is 1. The molecule has 0 atom stereocenters. The molecule has 3 nitrogen and oxygen atoms in total. The Bertz CT molecular complexity index is 242. The van der Waals surface area contributed by atoms with Gasteiger partial charge in [0.25, 0.3) is 0 Å². The second kappa shape index (κ2) is 6.81. The largest absolute Gasteiger partial charge is 0.444 e. The molecule has 0 aromatic carbocycles. The van der Waals surface area contributed by atoms with Crippen LogP contribution in [0.2, 0.25) is 0 Å². The Kier molecular flexibility index (Phi) is 6.03. The molecule has 0 aliphatic heterocycles. The van der Waals surface area contributed by atoms with Gasteiger partial charge in [-0.2, -0.15) is 0 Å². The van der Waals surface area contributed by atoms with E-state index in [0.717, 1.165) is 12.5 Å². The number of nitrogens with one attached hydrogen (secondary N) is 1. The van der Waals surface area contributed by atoms with E-state index in [4.69, 9.17) is 4.74 Å². The maximum absolute atomic E-state index is 11.5. The van der Waals surface area contributed by atoms with Gasteiger partial charge in [-0.25, -0.2) is 4.79 Å². The van der Waals surface area contributed by atoms with Crippen molar-refractivity contribution in [2.75, 3.05) is 11.0 Å². The molecule has 1 aliphatic carbocycles. The molecule has 0 bridgehead atoms. The number of hydrogen-bond acceptors (Lipinski definition) is 2. The molecule has 4 heteroatoms. The fourth-order valence-corrected chi connectivity index (χ4v) is 3.01. The number of amides is 1. The van der Waals surface area contributed by atoms with Crippen LogP contribution in [0.3, 0.4) is 0 Å². The topological polar surface area (TPSA) is 38.3 Å². The zero-order valence-electron chi connectivity index (χ0n) is 11.1. The fraction of sp³-hybridized carbons (Fsp3) is 0.923. The highest BCUT2D eigenvalue weighted by atomic mass is 127. The van der Waals surface area contributed by atoms with Crippen LogP contribution < -0.4 is 5.32 Å². The Balaban J connectivity index is 2.17. The molecule has 0 heterocycles. The highest BCUT2D eigenvalue weighted by Crippen LogP contribution is 2.29. The standard InChI is InChI=1S/C13H24INO2/c1-13(2,3)17-12(16)15-9-11-6-4-10(8-14)5-7-11/h10-11H,4-9H2,1-3H3,(H,15,16). The molecule has 17 heavy (non-hydrogen) atoms. The molecule has 1 fully saturated rings. The van der Waals surface area contributed by atoms with Crippen LogP contribution >= 0.6 is 22.6 Å². The van der Waals surface area contributed by atoms with E-state index in [1.165, 1.54) is 30.1 Å². The number of carbonyl (C=O) groups excluding carboxylic acids is 1. The van der Waals surface area contributed by atoms with Crippen molar-refractivity contribution >= 4 is 28.7 Å². The summed E-state index contributed by atoms with van der Waals surface area (Å²) in [4.78, 5) is 11.5. The molecule has 1 aliphatic rings. The molecule has 1 N–H and O–H groups in total. The number of rotatable bonds is 3. The third-order valence-corrected chi connectivity index (χ3v) is 4.36. The zero-order chi connectivity index (χ0) is 12.9. The summed E-state index contributed by atoms with van der Waals surface area (Å²) in [5.74, 6) is 1.54. The van der Waals surface area contributed by atoms with E-state index in [9.17, 15) is 4.79 Å². The molecule has 0 saturated heterocycles. The van der Waals surface area contributed by atoms with Gasteiger partial charge in [-0.05, 0) is 58.3 Å². The van der Waals surface area contributed by atoms with Crippen LogP contribution in [0.1, 0.15) is 46.5 Å². The first kappa shape index (κ1) is 15.1. The van der Waals surface area contributed by atoms with Crippen LogP contribution in [0.5, 0.6) is 0 Å². The van der Waals surface area contributed by atoms with Crippen LogP contribution in [0.15, 0.2) is 0 Å². The van der Waals surface area contributed by atoms with Gasteiger partial charge in [-0.1, -0.05) is 22.6 Å². The zero-order valence-corrected chi connectivity index (χ0v) is 13.2. The van der Waals surface area contributed by atoms with Crippen molar-refractivity contribution in [2.45, 2.75) is 52.1 Å². The Hall–Kier alpha value is 0. The average Bonchev–Trinajstić information content (AvgIpc) is 2.25. The van der Waals surface area contributed by atoms with Gasteiger partial charge < -0.3 is 10.1 Å². The monoisotopic (exact) mass is 353 g/mol. The predicted molar refractivity (Wildman–Crippen MR) is 78.6 cm³/mol. The normalized spacial score (nSPS) is 25.4. The number of hydrogen-bond donors (Lipinski definition) is 1. The lowest BCUT2D eigenvalue weighted by Gasteiger charge is -2.28. The van der Waals surface area contributed by atoms with Gasteiger partial charge in [0.2, 0.25) is 0 Å². The van der Waals surface area contributed by atoms with E-state index in [0.29, 0.717) is 5.92 Å². The minimum absolute atomic E-state index is 0.284. The van der Waals surface area contributed by atoms with Crippen LogP contribution in [-0.2, 0) is 4.74 Å². The first-order valence-electron chi connectivity index (χ1n) is 6.43. The van der Waals surface area contributed by atoms with E-state index in [1.807, 2.05) is 20.8 Å². The highest BCUT2D eigenvalue weighted by molar-refractivity contribution is 14.1. The van der Waals surface area contributed by atoms with E-state index in [2.05, 4.69) is 27.9 Å². The lowest BCUT2D eigenvalue weighted by molar-refractivity contribution is 0.0514. The van der Waals surface area contributed by atoms with E-state index in [-0.39, 0.29) is 6.09 Å². The first-order valence-corrected chi connectivity index (χ1v) is 7.96. The molecule has 0 aromatic rings. The molecule has 0 radical (unpaired) electrons. The minimum Gasteiger partial charge on any atom is -0.444 e. The summed E-state index contributed by atoms with van der Waals surface area (Å²) < 4.78 is 6.49. The van der Waals surface area contributed by atoms with Gasteiger partial charge in [0.1, 0.15) is 5.60 Å². The Morgan fingerprint density at radius 1 is 1.24 bits per heavy atom. The average molecular weight is 353 g/mol. The van der Waals surface area contributed by atoms with Crippen molar-refractivity contribution in [1.82, 2.24) is 5.32 Å². The summed E-state index contributed by atoms with van der Waals surface area (Å²) in [7, 11) is 0. The molecule has 100 valence electrons. The highest BCUT2D eigenvalue weighted by Gasteiger charge is 2.22. The summed E-state index contributed by atoms with van der Waals surface area (Å²) in [5.41, 5.74) is -0.400. The van der Waals surface area contributed by atoms with E-state index >= 15 is 0 Å². The molecule has 1 rings (SSSR count). The molecule has 1 saturated carbocycles. The van der Waals surface area contributed by atoms with Gasteiger partial charge in [0.05, 0.1) is 0 Å². The molecule has 0 aromatic heterocycles. The second-order valence-electron chi connectivity index (χ2n) is 5.92. The maximum Gasteiger partial charge on any atom is 0.407 e. The lowest BCUT2D eigenvalue weighted by Crippen LogP contribution is -2.36. The fourth-order valence-electron chi connectivity index (χ4n) is 2.13.